The topological polar surface area (TPSA) is 61.2 Å². The van der Waals surface area contributed by atoms with Gasteiger partial charge in [0, 0.05) is 27.1 Å². The van der Waals surface area contributed by atoms with Crippen LogP contribution < -0.4 is 5.73 Å². The van der Waals surface area contributed by atoms with Gasteiger partial charge in [-0.2, -0.15) is 0 Å². The highest BCUT2D eigenvalue weighted by Crippen LogP contribution is 2.26. The number of carbonyl (C=O) groups excluding carboxylic acids is 1. The summed E-state index contributed by atoms with van der Waals surface area (Å²) in [6.45, 7) is 0. The normalized spacial score (nSPS) is 11.3. The number of anilines is 1. The van der Waals surface area contributed by atoms with Crippen LogP contribution in [-0.4, -0.2) is 10.5 Å². The smallest absolute Gasteiger partial charge is 0.298 e. The van der Waals surface area contributed by atoms with Crippen LogP contribution in [0.25, 0.3) is 21.9 Å². The monoisotopic (exact) mass is 354 g/mol. The number of furan rings is 1. The Kier molecular flexibility index (Phi) is 2.84. The summed E-state index contributed by atoms with van der Waals surface area (Å²) in [5.74, 6) is 0.0842. The minimum Gasteiger partial charge on any atom is -0.451 e. The van der Waals surface area contributed by atoms with Crippen LogP contribution in [0.5, 0.6) is 0 Å². The van der Waals surface area contributed by atoms with Gasteiger partial charge in [0.05, 0.1) is 5.52 Å². The molecule has 0 saturated heterocycles. The van der Waals surface area contributed by atoms with Gasteiger partial charge >= 0.3 is 0 Å². The third kappa shape index (κ3) is 1.94. The average Bonchev–Trinajstić information content (AvgIpc) is 3.10. The fourth-order valence-corrected chi connectivity index (χ4v) is 2.94. The number of nitrogens with two attached hydrogens (primary N) is 1. The summed E-state index contributed by atoms with van der Waals surface area (Å²) in [5.41, 5.74) is 8.03. The highest BCUT2D eigenvalue weighted by molar-refractivity contribution is 9.10. The summed E-state index contributed by atoms with van der Waals surface area (Å²) in [5, 5.41) is 1.75. The molecule has 0 amide bonds. The molecule has 0 atom stereocenters. The number of benzene rings is 2. The first kappa shape index (κ1) is 13.2. The predicted octanol–water partition coefficient (Wildman–Crippen LogP) is 4.42. The van der Waals surface area contributed by atoms with Crippen LogP contribution >= 0.6 is 15.9 Å². The van der Waals surface area contributed by atoms with Gasteiger partial charge in [0.2, 0.25) is 0 Å². The zero-order valence-corrected chi connectivity index (χ0v) is 13.0. The van der Waals surface area contributed by atoms with E-state index in [4.69, 9.17) is 10.2 Å². The number of hydrogen-bond acceptors (Lipinski definition) is 3. The van der Waals surface area contributed by atoms with Crippen molar-refractivity contribution in [3.05, 3.63) is 65.0 Å². The SMILES string of the molecule is Nc1cccc2c1ccn2C(=O)c1cc2ccc(Br)cc2o1. The molecule has 22 heavy (non-hydrogen) atoms. The van der Waals surface area contributed by atoms with Gasteiger partial charge in [-0.3, -0.25) is 9.36 Å². The van der Waals surface area contributed by atoms with Crippen molar-refractivity contribution in [2.24, 2.45) is 0 Å². The van der Waals surface area contributed by atoms with Crippen molar-refractivity contribution >= 4 is 49.4 Å². The number of hydrogen-bond donors (Lipinski definition) is 1. The maximum atomic E-state index is 12.7. The molecule has 2 aromatic heterocycles. The molecule has 2 aromatic carbocycles. The maximum Gasteiger partial charge on any atom is 0.298 e. The van der Waals surface area contributed by atoms with E-state index in [-0.39, 0.29) is 5.91 Å². The molecule has 2 N–H and O–H groups in total. The molecule has 0 aliphatic heterocycles. The van der Waals surface area contributed by atoms with E-state index >= 15 is 0 Å². The van der Waals surface area contributed by atoms with Crippen LogP contribution in [0.2, 0.25) is 0 Å². The van der Waals surface area contributed by atoms with Gasteiger partial charge in [0.25, 0.3) is 5.91 Å². The molecular weight excluding hydrogens is 344 g/mol. The first-order valence-corrected chi connectivity index (χ1v) is 7.52. The lowest BCUT2D eigenvalue weighted by molar-refractivity contribution is 0.0940. The number of aromatic nitrogens is 1. The maximum absolute atomic E-state index is 12.7. The van der Waals surface area contributed by atoms with Crippen molar-refractivity contribution < 1.29 is 9.21 Å². The van der Waals surface area contributed by atoms with E-state index < -0.39 is 0 Å². The van der Waals surface area contributed by atoms with Crippen LogP contribution in [0.15, 0.2) is 63.6 Å². The second kappa shape index (κ2) is 4.74. The van der Waals surface area contributed by atoms with E-state index in [0.717, 1.165) is 20.8 Å². The fourth-order valence-electron chi connectivity index (χ4n) is 2.60. The molecule has 0 radical (unpaired) electrons. The number of carbonyl (C=O) groups is 1. The molecule has 4 nitrogen and oxygen atoms in total. The van der Waals surface area contributed by atoms with Crippen molar-refractivity contribution in [3.63, 3.8) is 0 Å². The highest BCUT2D eigenvalue weighted by Gasteiger charge is 2.17. The second-order valence-corrected chi connectivity index (χ2v) is 5.98. The van der Waals surface area contributed by atoms with Crippen molar-refractivity contribution in [1.29, 1.82) is 0 Å². The Bertz CT molecular complexity index is 1030. The second-order valence-electron chi connectivity index (χ2n) is 5.06. The van der Waals surface area contributed by atoms with Crippen molar-refractivity contribution in [2.45, 2.75) is 0 Å². The Morgan fingerprint density at radius 2 is 2.00 bits per heavy atom. The van der Waals surface area contributed by atoms with E-state index in [9.17, 15) is 4.79 Å². The summed E-state index contributed by atoms with van der Waals surface area (Å²) in [4.78, 5) is 12.7. The molecule has 5 heteroatoms. The lowest BCUT2D eigenvalue weighted by atomic mass is 10.2. The quantitative estimate of drug-likeness (QED) is 0.514. The Balaban J connectivity index is 1.86. The van der Waals surface area contributed by atoms with Crippen LogP contribution in [0.4, 0.5) is 5.69 Å². The number of fused-ring (bicyclic) bond motifs is 2. The van der Waals surface area contributed by atoms with E-state index in [2.05, 4.69) is 15.9 Å². The van der Waals surface area contributed by atoms with Crippen LogP contribution in [0.3, 0.4) is 0 Å². The molecule has 0 spiro atoms. The summed E-state index contributed by atoms with van der Waals surface area (Å²) in [6.07, 6.45) is 1.71. The number of rotatable bonds is 1. The molecule has 0 bridgehead atoms. The minimum absolute atomic E-state index is 0.215. The average molecular weight is 355 g/mol. The van der Waals surface area contributed by atoms with E-state index in [1.165, 1.54) is 0 Å². The van der Waals surface area contributed by atoms with Gasteiger partial charge in [-0.25, -0.2) is 0 Å². The molecule has 2 heterocycles. The van der Waals surface area contributed by atoms with Gasteiger partial charge in [-0.1, -0.05) is 22.0 Å². The van der Waals surface area contributed by atoms with Crippen LogP contribution in [0.1, 0.15) is 10.6 Å². The van der Waals surface area contributed by atoms with Crippen molar-refractivity contribution in [3.8, 4) is 0 Å². The highest BCUT2D eigenvalue weighted by atomic mass is 79.9. The molecule has 0 unspecified atom stereocenters. The van der Waals surface area contributed by atoms with Gasteiger partial charge in [-0.15, -0.1) is 0 Å². The molecule has 0 saturated carbocycles. The molecule has 108 valence electrons. The molecule has 0 aliphatic rings. The third-order valence-corrected chi connectivity index (χ3v) is 4.17. The predicted molar refractivity (Wildman–Crippen MR) is 90.0 cm³/mol. The molecule has 4 rings (SSSR count). The Morgan fingerprint density at radius 1 is 1.14 bits per heavy atom. The number of nitrogens with zero attached hydrogens (tertiary/aromatic N) is 1. The standard InChI is InChI=1S/C17H11BrN2O2/c18-11-5-4-10-8-16(22-15(10)9-11)17(21)20-7-6-12-13(19)2-1-3-14(12)20/h1-9H,19H2. The zero-order valence-electron chi connectivity index (χ0n) is 11.4. The van der Waals surface area contributed by atoms with E-state index in [1.807, 2.05) is 42.5 Å². The summed E-state index contributed by atoms with van der Waals surface area (Å²) < 4.78 is 8.15. The molecule has 0 fully saturated rings. The molecule has 0 aliphatic carbocycles. The summed E-state index contributed by atoms with van der Waals surface area (Å²) in [7, 11) is 0. The third-order valence-electron chi connectivity index (χ3n) is 3.68. The first-order valence-electron chi connectivity index (χ1n) is 6.73. The lowest BCUT2D eigenvalue weighted by Crippen LogP contribution is -2.09. The van der Waals surface area contributed by atoms with Crippen molar-refractivity contribution in [2.75, 3.05) is 5.73 Å². The van der Waals surface area contributed by atoms with E-state index in [0.29, 0.717) is 17.0 Å². The summed E-state index contributed by atoms with van der Waals surface area (Å²) in [6, 6.07) is 14.8. The minimum atomic E-state index is -0.215. The Hall–Kier alpha value is -2.53. The molecular formula is C17H11BrN2O2. The first-order chi connectivity index (χ1) is 10.6. The lowest BCUT2D eigenvalue weighted by Gasteiger charge is -2.02. The van der Waals surface area contributed by atoms with Gasteiger partial charge in [0.1, 0.15) is 5.58 Å². The van der Waals surface area contributed by atoms with Crippen LogP contribution in [-0.2, 0) is 0 Å². The van der Waals surface area contributed by atoms with Gasteiger partial charge in [-0.05, 0) is 42.5 Å². The largest absolute Gasteiger partial charge is 0.451 e. The Labute approximate surface area is 134 Å². The zero-order chi connectivity index (χ0) is 15.3. The van der Waals surface area contributed by atoms with E-state index in [1.54, 1.807) is 16.8 Å². The van der Waals surface area contributed by atoms with Crippen molar-refractivity contribution in [1.82, 2.24) is 4.57 Å². The Morgan fingerprint density at radius 3 is 2.86 bits per heavy atom. The number of nitrogen functional groups attached to an aromatic ring is 1. The molecule has 4 aromatic rings. The van der Waals surface area contributed by atoms with Gasteiger partial charge < -0.3 is 10.2 Å². The van der Waals surface area contributed by atoms with Crippen LogP contribution in [0, 0.1) is 0 Å². The summed E-state index contributed by atoms with van der Waals surface area (Å²) >= 11 is 3.39. The van der Waals surface area contributed by atoms with Gasteiger partial charge in [0.15, 0.2) is 5.76 Å². The fraction of sp³-hybridized carbons (Fsp3) is 0. The number of halogens is 1.